The minimum absolute atomic E-state index is 0.373. The van der Waals surface area contributed by atoms with E-state index in [-0.39, 0.29) is 0 Å². The molecule has 0 bridgehead atoms. The smallest absolute Gasteiger partial charge is 0.123 e. The van der Waals surface area contributed by atoms with Gasteiger partial charge in [0.1, 0.15) is 5.76 Å². The van der Waals surface area contributed by atoms with Crippen LogP contribution in [0.15, 0.2) is 24.3 Å². The highest BCUT2D eigenvalue weighted by atomic mass is 16.3. The first-order valence-electron chi connectivity index (χ1n) is 4.28. The van der Waals surface area contributed by atoms with Crippen molar-refractivity contribution in [1.29, 1.82) is 0 Å². The van der Waals surface area contributed by atoms with Crippen LogP contribution in [0.3, 0.4) is 0 Å². The van der Waals surface area contributed by atoms with Crippen molar-refractivity contribution in [3.63, 3.8) is 0 Å². The average Bonchev–Trinajstić information content (AvgIpc) is 2.70. The van der Waals surface area contributed by atoms with Crippen molar-refractivity contribution in [3.05, 3.63) is 45.8 Å². The average molecular weight is 168 g/mol. The van der Waals surface area contributed by atoms with Crippen LogP contribution in [-0.4, -0.2) is 5.11 Å². The van der Waals surface area contributed by atoms with Gasteiger partial charge in [-0.25, -0.2) is 0 Å². The summed E-state index contributed by atoms with van der Waals surface area (Å²) in [5, 5.41) is 11.7. The molecular weight excluding hydrogens is 160 g/mol. The zero-order valence-corrected chi connectivity index (χ0v) is 6.99. The van der Waals surface area contributed by atoms with Gasteiger partial charge in [-0.2, -0.15) is 0 Å². The molecule has 62 valence electrons. The monoisotopic (exact) mass is 168 g/mol. The molecule has 1 aromatic carbocycles. The van der Waals surface area contributed by atoms with Crippen molar-refractivity contribution in [3.8, 4) is 0 Å². The van der Waals surface area contributed by atoms with E-state index in [2.05, 4.69) is 18.2 Å². The van der Waals surface area contributed by atoms with Gasteiger partial charge in [0.2, 0.25) is 0 Å². The molecule has 1 heteroatoms. The number of aliphatic hydroxyl groups is 1. The highest BCUT2D eigenvalue weighted by molar-refractivity contribution is 5.75. The van der Waals surface area contributed by atoms with E-state index < -0.39 is 0 Å². The Kier molecular flexibility index (Phi) is 1.10. The van der Waals surface area contributed by atoms with Crippen LogP contribution in [0.2, 0.25) is 0 Å². The normalized spacial score (nSPS) is 15.8. The molecule has 2 aliphatic carbocycles. The van der Waals surface area contributed by atoms with Crippen molar-refractivity contribution >= 4 is 24.0 Å². The fourth-order valence-corrected chi connectivity index (χ4v) is 1.81. The fourth-order valence-electron chi connectivity index (χ4n) is 1.81. The predicted octanol–water partition coefficient (Wildman–Crippen LogP) is 1.19. The summed E-state index contributed by atoms with van der Waals surface area (Å²) in [6.07, 6.45) is 9.85. The van der Waals surface area contributed by atoms with Crippen molar-refractivity contribution in [2.24, 2.45) is 0 Å². The predicted molar refractivity (Wildman–Crippen MR) is 54.3 cm³/mol. The molecule has 0 spiro atoms. The number of fused-ring (bicyclic) bond motifs is 2. The summed E-state index contributed by atoms with van der Waals surface area (Å²) in [4.78, 5) is 0. The summed E-state index contributed by atoms with van der Waals surface area (Å²) in [6, 6.07) is 4.13. The summed E-state index contributed by atoms with van der Waals surface area (Å²) in [6.45, 7) is 0. The second-order valence-electron chi connectivity index (χ2n) is 3.31. The number of hydrogen-bond acceptors (Lipinski definition) is 1. The molecule has 0 aromatic heterocycles. The highest BCUT2D eigenvalue weighted by Crippen LogP contribution is 2.09. The molecule has 13 heavy (non-hydrogen) atoms. The van der Waals surface area contributed by atoms with Gasteiger partial charge in [0, 0.05) is 5.22 Å². The standard InChI is InChI=1S/C12H8O/c13-12-5-4-10-6-8-2-1-3-9(8)7-11(10)12/h1-7,13H. The topological polar surface area (TPSA) is 20.2 Å². The lowest BCUT2D eigenvalue weighted by molar-refractivity contribution is 0.513. The SMILES string of the molecule is OC1=c2cc3c(cc2C=C1)=CC=C3. The molecule has 0 aliphatic heterocycles. The van der Waals surface area contributed by atoms with Gasteiger partial charge in [-0.05, 0) is 34.6 Å². The first-order valence-corrected chi connectivity index (χ1v) is 4.28. The van der Waals surface area contributed by atoms with Gasteiger partial charge in [-0.15, -0.1) is 0 Å². The third-order valence-electron chi connectivity index (χ3n) is 2.50. The molecule has 3 rings (SSSR count). The Morgan fingerprint density at radius 1 is 0.923 bits per heavy atom. The van der Waals surface area contributed by atoms with Gasteiger partial charge in [0.05, 0.1) is 0 Å². The van der Waals surface area contributed by atoms with E-state index in [0.717, 1.165) is 10.8 Å². The Morgan fingerprint density at radius 3 is 2.77 bits per heavy atom. The number of hydrogen-bond donors (Lipinski definition) is 1. The van der Waals surface area contributed by atoms with Crippen molar-refractivity contribution in [2.75, 3.05) is 0 Å². The molecule has 0 radical (unpaired) electrons. The van der Waals surface area contributed by atoms with E-state index in [4.69, 9.17) is 0 Å². The van der Waals surface area contributed by atoms with Crippen LogP contribution in [-0.2, 0) is 0 Å². The van der Waals surface area contributed by atoms with Gasteiger partial charge in [-0.3, -0.25) is 0 Å². The van der Waals surface area contributed by atoms with Crippen LogP contribution < -0.4 is 10.4 Å². The summed E-state index contributed by atoms with van der Waals surface area (Å²) in [5.41, 5.74) is 2.30. The van der Waals surface area contributed by atoms with Crippen LogP contribution >= 0.6 is 0 Å². The maximum atomic E-state index is 9.51. The molecule has 1 nitrogen and oxygen atoms in total. The molecule has 1 aromatic rings. The highest BCUT2D eigenvalue weighted by Gasteiger charge is 2.06. The molecule has 0 atom stereocenters. The zero-order chi connectivity index (χ0) is 8.84. The van der Waals surface area contributed by atoms with E-state index in [1.165, 1.54) is 10.8 Å². The van der Waals surface area contributed by atoms with E-state index in [0.29, 0.717) is 5.76 Å². The lowest BCUT2D eigenvalue weighted by Crippen LogP contribution is -2.14. The maximum Gasteiger partial charge on any atom is 0.123 e. The van der Waals surface area contributed by atoms with Crippen molar-refractivity contribution < 1.29 is 5.11 Å². The van der Waals surface area contributed by atoms with Gasteiger partial charge in [0.15, 0.2) is 0 Å². The van der Waals surface area contributed by atoms with Gasteiger partial charge in [-0.1, -0.05) is 24.3 Å². The molecule has 0 saturated heterocycles. The summed E-state index contributed by atoms with van der Waals surface area (Å²) in [5.74, 6) is 0.373. The molecule has 0 unspecified atom stereocenters. The first kappa shape index (κ1) is 6.72. The second-order valence-corrected chi connectivity index (χ2v) is 3.31. The minimum atomic E-state index is 0.373. The first-order chi connectivity index (χ1) is 6.34. The third kappa shape index (κ3) is 0.813. The number of rotatable bonds is 0. The van der Waals surface area contributed by atoms with Crippen molar-refractivity contribution in [2.45, 2.75) is 0 Å². The molecular formula is C12H8O. The molecule has 0 saturated carbocycles. The van der Waals surface area contributed by atoms with Crippen LogP contribution in [0, 0.1) is 0 Å². The van der Waals surface area contributed by atoms with Crippen LogP contribution in [0.4, 0.5) is 0 Å². The fraction of sp³-hybridized carbons (Fsp3) is 0. The number of benzene rings is 1. The molecule has 0 amide bonds. The van der Waals surface area contributed by atoms with E-state index in [9.17, 15) is 5.11 Å². The third-order valence-corrected chi connectivity index (χ3v) is 2.50. The van der Waals surface area contributed by atoms with Crippen LogP contribution in [0.25, 0.3) is 24.0 Å². The van der Waals surface area contributed by atoms with E-state index in [1.807, 2.05) is 18.2 Å². The Balaban J connectivity index is 2.50. The Bertz CT molecular complexity index is 560. The van der Waals surface area contributed by atoms with Gasteiger partial charge in [0.25, 0.3) is 0 Å². The lowest BCUT2D eigenvalue weighted by Gasteiger charge is -1.95. The molecule has 2 aliphatic rings. The molecule has 0 heterocycles. The van der Waals surface area contributed by atoms with Gasteiger partial charge >= 0.3 is 0 Å². The number of aliphatic hydroxyl groups excluding tert-OH is 1. The summed E-state index contributed by atoms with van der Waals surface area (Å²) in [7, 11) is 0. The minimum Gasteiger partial charge on any atom is -0.507 e. The summed E-state index contributed by atoms with van der Waals surface area (Å²) < 4.78 is 0. The molecule has 1 N–H and O–H groups in total. The van der Waals surface area contributed by atoms with Crippen LogP contribution in [0.5, 0.6) is 0 Å². The number of allylic oxidation sites excluding steroid dienone is 1. The lowest BCUT2D eigenvalue weighted by atomic mass is 10.1. The zero-order valence-electron chi connectivity index (χ0n) is 6.99. The Labute approximate surface area is 75.6 Å². The van der Waals surface area contributed by atoms with E-state index in [1.54, 1.807) is 6.08 Å². The summed E-state index contributed by atoms with van der Waals surface area (Å²) >= 11 is 0. The second kappa shape index (κ2) is 2.13. The van der Waals surface area contributed by atoms with Crippen molar-refractivity contribution in [1.82, 2.24) is 0 Å². The van der Waals surface area contributed by atoms with E-state index >= 15 is 0 Å². The van der Waals surface area contributed by atoms with Crippen LogP contribution in [0.1, 0.15) is 11.1 Å². The Hall–Kier alpha value is -1.76. The van der Waals surface area contributed by atoms with Gasteiger partial charge < -0.3 is 5.11 Å². The maximum absolute atomic E-state index is 9.51. The Morgan fingerprint density at radius 2 is 1.85 bits per heavy atom. The largest absolute Gasteiger partial charge is 0.507 e. The quantitative estimate of drug-likeness (QED) is 0.617. The molecule has 0 fully saturated rings.